The van der Waals surface area contributed by atoms with Crippen molar-refractivity contribution in [1.82, 2.24) is 19.9 Å². The fourth-order valence-electron chi connectivity index (χ4n) is 2.97. The second-order valence-corrected chi connectivity index (χ2v) is 8.93. The largest absolute Gasteiger partial charge is 0.437 e. The van der Waals surface area contributed by atoms with Gasteiger partial charge in [-0.05, 0) is 23.6 Å². The van der Waals surface area contributed by atoms with E-state index in [0.717, 1.165) is 10.4 Å². The normalized spacial score (nSPS) is 11.1. The molecule has 162 valence electrons. The van der Waals surface area contributed by atoms with E-state index in [1.165, 1.54) is 11.3 Å². The van der Waals surface area contributed by atoms with Gasteiger partial charge in [-0.15, -0.1) is 0 Å². The van der Waals surface area contributed by atoms with Gasteiger partial charge in [-0.3, -0.25) is 15.3 Å². The predicted molar refractivity (Wildman–Crippen MR) is 125 cm³/mol. The molecule has 0 aliphatic rings. The Hall–Kier alpha value is -3.85. The van der Waals surface area contributed by atoms with E-state index in [2.05, 4.69) is 51.3 Å². The quantitative estimate of drug-likeness (QED) is 0.406. The van der Waals surface area contributed by atoms with Crippen molar-refractivity contribution in [2.75, 3.05) is 10.6 Å². The molecule has 2 amide bonds. The van der Waals surface area contributed by atoms with Gasteiger partial charge < -0.3 is 10.1 Å². The van der Waals surface area contributed by atoms with Gasteiger partial charge in [-0.25, -0.2) is 14.8 Å². The molecule has 0 saturated heterocycles. The number of thiazole rings is 1. The van der Waals surface area contributed by atoms with Crippen LogP contribution in [0, 0.1) is 0 Å². The number of para-hydroxylation sites is 1. The van der Waals surface area contributed by atoms with Gasteiger partial charge in [0.1, 0.15) is 17.1 Å². The summed E-state index contributed by atoms with van der Waals surface area (Å²) in [6.07, 6.45) is 8.12. The molecule has 2 N–H and O–H groups in total. The maximum absolute atomic E-state index is 12.6. The number of carbonyl (C=O) groups is 1. The molecule has 4 rings (SSSR count). The van der Waals surface area contributed by atoms with Crippen LogP contribution in [-0.4, -0.2) is 26.0 Å². The molecule has 0 spiro atoms. The summed E-state index contributed by atoms with van der Waals surface area (Å²) in [5.41, 5.74) is 2.07. The van der Waals surface area contributed by atoms with Gasteiger partial charge in [-0.2, -0.15) is 0 Å². The number of pyridine rings is 1. The third-order valence-electron chi connectivity index (χ3n) is 4.46. The summed E-state index contributed by atoms with van der Waals surface area (Å²) in [5.74, 6) is 0.995. The number of hydrogen-bond donors (Lipinski definition) is 2. The highest BCUT2D eigenvalue weighted by Crippen LogP contribution is 2.35. The van der Waals surface area contributed by atoms with Crippen molar-refractivity contribution in [2.24, 2.45) is 0 Å². The number of ether oxygens (including phenoxy) is 1. The molecule has 32 heavy (non-hydrogen) atoms. The van der Waals surface area contributed by atoms with Crippen LogP contribution in [0.4, 0.5) is 15.6 Å². The number of anilines is 2. The molecule has 4 aromatic rings. The minimum atomic E-state index is -0.452. The van der Waals surface area contributed by atoms with Crippen LogP contribution in [0.25, 0.3) is 10.6 Å². The smallest absolute Gasteiger partial charge is 0.325 e. The summed E-state index contributed by atoms with van der Waals surface area (Å²) in [5, 5.41) is 5.96. The van der Waals surface area contributed by atoms with Gasteiger partial charge >= 0.3 is 6.03 Å². The Balaban J connectivity index is 1.48. The Labute approximate surface area is 189 Å². The fraction of sp³-hybridized carbons (Fsp3) is 0.174. The average Bonchev–Trinajstić information content (AvgIpc) is 3.24. The molecule has 0 bridgehead atoms. The van der Waals surface area contributed by atoms with E-state index in [4.69, 9.17) is 4.74 Å². The lowest BCUT2D eigenvalue weighted by molar-refractivity contribution is 0.262. The fourth-order valence-corrected chi connectivity index (χ4v) is 3.75. The van der Waals surface area contributed by atoms with Gasteiger partial charge in [-0.1, -0.05) is 50.3 Å². The topological polar surface area (TPSA) is 102 Å². The van der Waals surface area contributed by atoms with Gasteiger partial charge in [0.05, 0.1) is 11.1 Å². The van der Waals surface area contributed by atoms with E-state index in [9.17, 15) is 4.79 Å². The second kappa shape index (κ2) is 9.11. The molecule has 3 aromatic heterocycles. The molecule has 0 saturated carbocycles. The molecule has 0 aliphatic heterocycles. The van der Waals surface area contributed by atoms with Crippen LogP contribution in [0.1, 0.15) is 26.3 Å². The zero-order chi connectivity index (χ0) is 22.6. The number of urea groups is 1. The summed E-state index contributed by atoms with van der Waals surface area (Å²) >= 11 is 1.30. The van der Waals surface area contributed by atoms with Gasteiger partial charge in [0.25, 0.3) is 0 Å². The molecule has 0 aliphatic carbocycles. The first-order valence-corrected chi connectivity index (χ1v) is 10.7. The lowest BCUT2D eigenvalue weighted by atomic mass is 9.86. The first-order chi connectivity index (χ1) is 15.4. The van der Waals surface area contributed by atoms with Crippen LogP contribution < -0.4 is 15.4 Å². The van der Waals surface area contributed by atoms with Crippen molar-refractivity contribution in [1.29, 1.82) is 0 Å². The Bertz CT molecular complexity index is 1220. The molecule has 3 heterocycles. The predicted octanol–water partition coefficient (Wildman–Crippen LogP) is 5.73. The Morgan fingerprint density at radius 3 is 2.56 bits per heavy atom. The van der Waals surface area contributed by atoms with Crippen LogP contribution in [0.2, 0.25) is 0 Å². The highest BCUT2D eigenvalue weighted by Gasteiger charge is 2.20. The summed E-state index contributed by atoms with van der Waals surface area (Å²) in [6, 6.07) is 10.8. The van der Waals surface area contributed by atoms with Gasteiger partial charge in [0.15, 0.2) is 5.13 Å². The van der Waals surface area contributed by atoms with E-state index in [1.54, 1.807) is 43.1 Å². The number of nitrogens with zero attached hydrogens (tertiary/aromatic N) is 4. The molecule has 0 atom stereocenters. The number of aromatic nitrogens is 4. The van der Waals surface area contributed by atoms with Crippen molar-refractivity contribution >= 4 is 28.2 Å². The van der Waals surface area contributed by atoms with Crippen molar-refractivity contribution in [3.63, 3.8) is 0 Å². The van der Waals surface area contributed by atoms with E-state index in [1.807, 2.05) is 24.3 Å². The van der Waals surface area contributed by atoms with E-state index < -0.39 is 6.03 Å². The number of amides is 2. The number of carbonyl (C=O) groups excluding carboxylic acids is 1. The third kappa shape index (κ3) is 5.06. The maximum Gasteiger partial charge on any atom is 0.325 e. The van der Waals surface area contributed by atoms with Gasteiger partial charge in [0.2, 0.25) is 5.88 Å². The molecular weight excluding hydrogens is 424 g/mol. The summed E-state index contributed by atoms with van der Waals surface area (Å²) < 4.78 is 6.10. The van der Waals surface area contributed by atoms with Crippen molar-refractivity contribution in [3.05, 3.63) is 72.9 Å². The molecule has 0 unspecified atom stereocenters. The van der Waals surface area contributed by atoms with Crippen LogP contribution in [-0.2, 0) is 5.41 Å². The van der Waals surface area contributed by atoms with E-state index in [0.29, 0.717) is 28.1 Å². The Morgan fingerprint density at radius 2 is 1.78 bits per heavy atom. The summed E-state index contributed by atoms with van der Waals surface area (Å²) in [7, 11) is 0. The Kier molecular flexibility index (Phi) is 6.09. The summed E-state index contributed by atoms with van der Waals surface area (Å²) in [6.45, 7) is 6.34. The second-order valence-electron chi connectivity index (χ2n) is 7.90. The molecule has 1 aromatic carbocycles. The van der Waals surface area contributed by atoms with E-state index >= 15 is 0 Å². The standard InChI is InChI=1S/C23H22N6O2S/c1-23(2,3)15-7-4-5-9-18(15)31-20-16(8-6-10-26-20)28-21(30)29-22-27-14-19(32-22)17-13-24-11-12-25-17/h4-14H,1-3H3,(H2,27,28,29,30). The molecule has 8 nitrogen and oxygen atoms in total. The lowest BCUT2D eigenvalue weighted by Gasteiger charge is -2.22. The lowest BCUT2D eigenvalue weighted by Crippen LogP contribution is -2.20. The zero-order valence-corrected chi connectivity index (χ0v) is 18.7. The first-order valence-electron chi connectivity index (χ1n) is 9.93. The number of nitrogens with one attached hydrogen (secondary N) is 2. The molecule has 0 radical (unpaired) electrons. The van der Waals surface area contributed by atoms with Crippen LogP contribution in [0.5, 0.6) is 11.6 Å². The third-order valence-corrected chi connectivity index (χ3v) is 5.40. The monoisotopic (exact) mass is 446 g/mol. The molecule has 0 fully saturated rings. The van der Waals surface area contributed by atoms with Crippen LogP contribution in [0.15, 0.2) is 67.4 Å². The minimum absolute atomic E-state index is 0.109. The first kappa shape index (κ1) is 21.4. The van der Waals surface area contributed by atoms with Crippen molar-refractivity contribution < 1.29 is 9.53 Å². The minimum Gasteiger partial charge on any atom is -0.437 e. The molecule has 9 heteroatoms. The SMILES string of the molecule is CC(C)(C)c1ccccc1Oc1ncccc1NC(=O)Nc1ncc(-c2cnccn2)s1. The van der Waals surface area contributed by atoms with Gasteiger partial charge in [0, 0.05) is 30.4 Å². The summed E-state index contributed by atoms with van der Waals surface area (Å²) in [4.78, 5) is 30.2. The van der Waals surface area contributed by atoms with Crippen LogP contribution >= 0.6 is 11.3 Å². The van der Waals surface area contributed by atoms with Crippen molar-refractivity contribution in [3.8, 4) is 22.2 Å². The Morgan fingerprint density at radius 1 is 0.938 bits per heavy atom. The maximum atomic E-state index is 12.6. The van der Waals surface area contributed by atoms with E-state index in [-0.39, 0.29) is 5.41 Å². The molecular formula is C23H22N6O2S. The average molecular weight is 447 g/mol. The number of rotatable bonds is 5. The zero-order valence-electron chi connectivity index (χ0n) is 17.9. The number of benzene rings is 1. The van der Waals surface area contributed by atoms with Crippen LogP contribution in [0.3, 0.4) is 0 Å². The highest BCUT2D eigenvalue weighted by molar-refractivity contribution is 7.19. The number of hydrogen-bond acceptors (Lipinski definition) is 7. The highest BCUT2D eigenvalue weighted by atomic mass is 32.1. The van der Waals surface area contributed by atoms with Crippen molar-refractivity contribution in [2.45, 2.75) is 26.2 Å².